The Kier molecular flexibility index (Phi) is 7.57. The van der Waals surface area contributed by atoms with Gasteiger partial charge >= 0.3 is 0 Å². The smallest absolute Gasteiger partial charge is 0.260 e. The zero-order valence-electron chi connectivity index (χ0n) is 19.1. The zero-order valence-corrected chi connectivity index (χ0v) is 19.9. The third-order valence-electron chi connectivity index (χ3n) is 6.06. The first kappa shape index (κ1) is 23.2. The fourth-order valence-electron chi connectivity index (χ4n) is 4.05. The molecule has 33 heavy (non-hydrogen) atoms. The fraction of sp³-hybridized carbons (Fsp3) is 0.400. The lowest BCUT2D eigenvalue weighted by Crippen LogP contribution is -2.36. The van der Waals surface area contributed by atoms with Crippen LogP contribution in [0.15, 0.2) is 46.4 Å². The highest BCUT2D eigenvalue weighted by Gasteiger charge is 2.18. The van der Waals surface area contributed by atoms with Gasteiger partial charge in [-0.2, -0.15) is 0 Å². The molecule has 1 aliphatic heterocycles. The van der Waals surface area contributed by atoms with E-state index in [0.717, 1.165) is 12.1 Å². The minimum atomic E-state index is -0.273. The topological polar surface area (TPSA) is 87.5 Å². The fourth-order valence-corrected chi connectivity index (χ4v) is 4.75. The SMILES string of the molecule is Cc1occc1C(=O)Nc1nc(CC(=O)NCc2ccc(CN3CCCCC3C)cc2)cs1. The summed E-state index contributed by atoms with van der Waals surface area (Å²) in [6.07, 6.45) is 5.54. The molecule has 1 saturated heterocycles. The number of nitrogens with zero attached hydrogens (tertiary/aromatic N) is 2. The second-order valence-electron chi connectivity index (χ2n) is 8.57. The summed E-state index contributed by atoms with van der Waals surface area (Å²) in [5.74, 6) is 0.178. The Morgan fingerprint density at radius 3 is 2.70 bits per heavy atom. The van der Waals surface area contributed by atoms with Gasteiger partial charge in [-0.3, -0.25) is 19.8 Å². The number of aryl methyl sites for hydroxylation is 1. The number of hydrogen-bond acceptors (Lipinski definition) is 6. The van der Waals surface area contributed by atoms with E-state index in [1.807, 2.05) is 0 Å². The van der Waals surface area contributed by atoms with Crippen LogP contribution in [0.1, 0.15) is 59.1 Å². The van der Waals surface area contributed by atoms with Crippen molar-refractivity contribution >= 4 is 28.3 Å². The van der Waals surface area contributed by atoms with E-state index in [0.29, 0.717) is 34.7 Å². The van der Waals surface area contributed by atoms with Gasteiger partial charge in [0.25, 0.3) is 5.91 Å². The number of furan rings is 1. The third kappa shape index (κ3) is 6.30. The summed E-state index contributed by atoms with van der Waals surface area (Å²) in [5, 5.41) is 7.94. The first-order valence-corrected chi connectivity index (χ1v) is 12.2. The Morgan fingerprint density at radius 1 is 1.18 bits per heavy atom. The quantitative estimate of drug-likeness (QED) is 0.509. The predicted octanol–water partition coefficient (Wildman–Crippen LogP) is 4.53. The number of thiazole rings is 1. The molecule has 0 saturated carbocycles. The van der Waals surface area contributed by atoms with Crippen molar-refractivity contribution in [2.24, 2.45) is 0 Å². The molecule has 3 aromatic rings. The lowest BCUT2D eigenvalue weighted by molar-refractivity contribution is -0.120. The highest BCUT2D eigenvalue weighted by Crippen LogP contribution is 2.20. The van der Waals surface area contributed by atoms with E-state index >= 15 is 0 Å². The van der Waals surface area contributed by atoms with E-state index < -0.39 is 0 Å². The number of benzene rings is 1. The van der Waals surface area contributed by atoms with Crippen molar-refractivity contribution < 1.29 is 14.0 Å². The Bertz CT molecular complexity index is 1090. The Labute approximate surface area is 198 Å². The van der Waals surface area contributed by atoms with Gasteiger partial charge in [0.15, 0.2) is 5.13 Å². The van der Waals surface area contributed by atoms with E-state index in [-0.39, 0.29) is 18.2 Å². The lowest BCUT2D eigenvalue weighted by Gasteiger charge is -2.33. The Balaban J connectivity index is 1.22. The number of carbonyl (C=O) groups is 2. The first-order chi connectivity index (χ1) is 16.0. The second-order valence-corrected chi connectivity index (χ2v) is 9.43. The summed E-state index contributed by atoms with van der Waals surface area (Å²) >= 11 is 1.30. The number of aromatic nitrogens is 1. The molecule has 2 N–H and O–H groups in total. The number of amides is 2. The lowest BCUT2D eigenvalue weighted by atomic mass is 10.0. The van der Waals surface area contributed by atoms with Crippen LogP contribution < -0.4 is 10.6 Å². The molecular formula is C25H30N4O3S. The highest BCUT2D eigenvalue weighted by molar-refractivity contribution is 7.14. The molecule has 3 heterocycles. The maximum absolute atomic E-state index is 12.4. The van der Waals surface area contributed by atoms with Crippen molar-refractivity contribution in [2.75, 3.05) is 11.9 Å². The number of anilines is 1. The average Bonchev–Trinajstić information content (AvgIpc) is 3.43. The van der Waals surface area contributed by atoms with E-state index in [9.17, 15) is 9.59 Å². The molecule has 0 spiro atoms. The summed E-state index contributed by atoms with van der Waals surface area (Å²) < 4.78 is 5.16. The van der Waals surface area contributed by atoms with Crippen molar-refractivity contribution in [3.8, 4) is 0 Å². The summed E-state index contributed by atoms with van der Waals surface area (Å²) in [7, 11) is 0. The number of likely N-dealkylation sites (tertiary alicyclic amines) is 1. The van der Waals surface area contributed by atoms with Crippen LogP contribution in [0.25, 0.3) is 0 Å². The minimum absolute atomic E-state index is 0.102. The first-order valence-electron chi connectivity index (χ1n) is 11.4. The van der Waals surface area contributed by atoms with Crippen LogP contribution in [-0.2, 0) is 24.3 Å². The molecule has 0 aliphatic carbocycles. The van der Waals surface area contributed by atoms with Gasteiger partial charge in [0, 0.05) is 24.5 Å². The number of hydrogen-bond donors (Lipinski definition) is 2. The molecule has 1 aromatic carbocycles. The average molecular weight is 467 g/mol. The van der Waals surface area contributed by atoms with Crippen molar-refractivity contribution in [1.29, 1.82) is 0 Å². The molecule has 4 rings (SSSR count). The van der Waals surface area contributed by atoms with Gasteiger partial charge in [-0.1, -0.05) is 30.7 Å². The van der Waals surface area contributed by atoms with Crippen LogP contribution in [0, 0.1) is 6.92 Å². The zero-order chi connectivity index (χ0) is 23.2. The third-order valence-corrected chi connectivity index (χ3v) is 6.86. The minimum Gasteiger partial charge on any atom is -0.469 e. The van der Waals surface area contributed by atoms with E-state index in [4.69, 9.17) is 4.42 Å². The van der Waals surface area contributed by atoms with Gasteiger partial charge in [0.2, 0.25) is 5.91 Å². The molecule has 0 radical (unpaired) electrons. The van der Waals surface area contributed by atoms with Crippen LogP contribution in [0.2, 0.25) is 0 Å². The molecule has 2 aromatic heterocycles. The molecule has 174 valence electrons. The Hall–Kier alpha value is -2.97. The van der Waals surface area contributed by atoms with Gasteiger partial charge in [-0.05, 0) is 50.4 Å². The van der Waals surface area contributed by atoms with Crippen molar-refractivity contribution in [2.45, 2.75) is 58.7 Å². The molecule has 7 nitrogen and oxygen atoms in total. The van der Waals surface area contributed by atoms with Crippen molar-refractivity contribution in [1.82, 2.24) is 15.2 Å². The van der Waals surface area contributed by atoms with Crippen LogP contribution >= 0.6 is 11.3 Å². The normalized spacial score (nSPS) is 16.5. The molecule has 1 unspecified atom stereocenters. The monoisotopic (exact) mass is 466 g/mol. The molecule has 1 aliphatic rings. The highest BCUT2D eigenvalue weighted by atomic mass is 32.1. The van der Waals surface area contributed by atoms with Gasteiger partial charge in [0.1, 0.15) is 5.76 Å². The summed E-state index contributed by atoms with van der Waals surface area (Å²) in [6.45, 7) is 6.67. The van der Waals surface area contributed by atoms with Crippen molar-refractivity contribution in [3.63, 3.8) is 0 Å². The molecule has 1 fully saturated rings. The molecule has 2 amide bonds. The maximum Gasteiger partial charge on any atom is 0.260 e. The van der Waals surface area contributed by atoms with Crippen LogP contribution in [-0.4, -0.2) is 34.3 Å². The summed E-state index contributed by atoms with van der Waals surface area (Å²) in [5.41, 5.74) is 3.48. The number of nitrogens with one attached hydrogen (secondary N) is 2. The van der Waals surface area contributed by atoms with Crippen LogP contribution in [0.3, 0.4) is 0 Å². The van der Waals surface area contributed by atoms with Crippen LogP contribution in [0.4, 0.5) is 5.13 Å². The number of piperidine rings is 1. The molecular weight excluding hydrogens is 436 g/mol. The Morgan fingerprint density at radius 2 is 1.97 bits per heavy atom. The van der Waals surface area contributed by atoms with Crippen molar-refractivity contribution in [3.05, 3.63) is 70.1 Å². The number of rotatable bonds is 8. The summed E-state index contributed by atoms with van der Waals surface area (Å²) in [4.78, 5) is 31.5. The van der Waals surface area contributed by atoms with E-state index in [1.54, 1.807) is 18.4 Å². The van der Waals surface area contributed by atoms with Gasteiger partial charge in [0.05, 0.1) is 23.9 Å². The van der Waals surface area contributed by atoms with Gasteiger partial charge in [-0.25, -0.2) is 4.98 Å². The van der Waals surface area contributed by atoms with Crippen LogP contribution in [0.5, 0.6) is 0 Å². The second kappa shape index (κ2) is 10.8. The standard InChI is InChI=1S/C25H30N4O3S/c1-17-5-3-4-11-29(17)15-20-8-6-19(7-9-20)14-26-23(30)13-21-16-33-25(27-21)28-24(31)22-10-12-32-18(22)2/h6-10,12,16-17H,3-5,11,13-15H2,1-2H3,(H,26,30)(H,27,28,31). The van der Waals surface area contributed by atoms with E-state index in [1.165, 1.54) is 49.0 Å². The van der Waals surface area contributed by atoms with Gasteiger partial charge in [-0.15, -0.1) is 11.3 Å². The molecule has 1 atom stereocenters. The maximum atomic E-state index is 12.4. The summed E-state index contributed by atoms with van der Waals surface area (Å²) in [6, 6.07) is 10.7. The molecule has 0 bridgehead atoms. The predicted molar refractivity (Wildman–Crippen MR) is 129 cm³/mol. The largest absolute Gasteiger partial charge is 0.469 e. The van der Waals surface area contributed by atoms with E-state index in [2.05, 4.69) is 51.7 Å². The van der Waals surface area contributed by atoms with Gasteiger partial charge < -0.3 is 9.73 Å². The molecule has 8 heteroatoms. The number of carbonyl (C=O) groups excluding carboxylic acids is 2.